The first-order valence-corrected chi connectivity index (χ1v) is 32.5. The first-order chi connectivity index (χ1) is 45.9. The van der Waals surface area contributed by atoms with Gasteiger partial charge in [-0.15, -0.1) is 0 Å². The Morgan fingerprint density at radius 3 is 1.27 bits per heavy atom. The van der Waals surface area contributed by atoms with E-state index in [2.05, 4.69) is 172 Å². The van der Waals surface area contributed by atoms with E-state index in [9.17, 15) is 1.37 Å². The lowest BCUT2D eigenvalue weighted by molar-refractivity contribution is -0.661. The second-order valence-corrected chi connectivity index (χ2v) is 30.7. The highest BCUT2D eigenvalue weighted by Gasteiger charge is 2.62. The van der Waals surface area contributed by atoms with Crippen LogP contribution in [0.3, 0.4) is 0 Å². The molecule has 3 saturated carbocycles. The van der Waals surface area contributed by atoms with Crippen molar-refractivity contribution in [1.82, 2.24) is 0 Å². The summed E-state index contributed by atoms with van der Waals surface area (Å²) in [5.41, 5.74) is 27.1. The highest BCUT2D eigenvalue weighted by molar-refractivity contribution is 5.68. The zero-order valence-electron chi connectivity index (χ0n) is 68.6. The Balaban J connectivity index is 0.000000127. The summed E-state index contributed by atoms with van der Waals surface area (Å²) in [6.07, 6.45) is 16.7. The fourth-order valence-electron chi connectivity index (χ4n) is 18.0. The normalized spacial score (nSPS) is 29.1. The molecule has 0 aliphatic heterocycles. The van der Waals surface area contributed by atoms with E-state index in [1.807, 2.05) is 63.8 Å². The molecule has 8 aromatic rings. The average Bonchev–Trinajstić information content (AvgIpc) is 1.51. The SMILES string of the molecule is Cc1ccc(-c2cc3c(c[n+]2C)C2(C)CCC3C2(C)C)c(C)c1.[2H]C([2H])([2H])c1ccc(-c2cc3c(c[n+]2C)C(C)(C)CC3(C)C)c(C)c1.[2H]C([2H])([2H])c1ccc(-c2cc3c(c[n+]2C)C2(C)CCC3([2H])C2(C)C)c(C)c1.[2H]C([2H])([2H])c1ccc(-c2cc3c(c[n+]2C)C2([2H])CCC3([2H])C2)c(C)c1. The number of hydrogen-bond donors (Lipinski definition) is 0. The predicted octanol–water partition coefficient (Wildman–Crippen LogP) is 18.9. The molecule has 6 bridgehead atoms. The molecule has 4 aromatic heterocycles. The van der Waals surface area contributed by atoms with Gasteiger partial charge >= 0.3 is 0 Å². The van der Waals surface area contributed by atoms with Crippen molar-refractivity contribution in [2.45, 2.75) is 221 Å². The van der Waals surface area contributed by atoms with Gasteiger partial charge < -0.3 is 0 Å². The third-order valence-electron chi connectivity index (χ3n) is 23.7. The molecule has 3 fully saturated rings. The van der Waals surface area contributed by atoms with Gasteiger partial charge in [0, 0.05) is 96.1 Å². The van der Waals surface area contributed by atoms with E-state index in [-0.39, 0.29) is 21.7 Å². The van der Waals surface area contributed by atoms with Gasteiger partial charge in [-0.3, -0.25) is 0 Å². The molecule has 88 heavy (non-hydrogen) atoms. The molecule has 7 aliphatic rings. The van der Waals surface area contributed by atoms with Crippen molar-refractivity contribution in [3.63, 3.8) is 0 Å². The van der Waals surface area contributed by atoms with Gasteiger partial charge in [-0.1, -0.05) is 140 Å². The molecule has 6 unspecified atom stereocenters. The first kappa shape index (κ1) is 48.3. The topological polar surface area (TPSA) is 15.5 Å². The van der Waals surface area contributed by atoms with Gasteiger partial charge in [0.2, 0.25) is 22.8 Å². The standard InChI is InChI=1S/2C22H28N.C21H28N.C19H22N/c2*1-14-7-8-16(15(2)11-14)20-12-17-18-9-10-22(5,21(18,3)4)19(17)13-23(20)6;1-14-8-9-16(15(2)10-14)19-11-17-18(12-22(19)7)21(5,6)13-20(17,3)4;1-12-4-7-16(13(2)8-12)19-10-17-14-5-6-15(9-14)18(17)11-20(19)3/h2*7-8,11-13,18H,9-10H2,1-6H3;8-12H,13H2,1-7H3;4,7-8,10-11,14-15H,5-6,9H2,1-3H3/q4*+1/i1D3,18D;;1D3;1D3,14D,15D. The molecular formula is C84H106N4+4. The summed E-state index contributed by atoms with van der Waals surface area (Å²) < 4.78 is 104. The Bertz CT molecular complexity index is 4580. The Morgan fingerprint density at radius 2 is 0.773 bits per heavy atom. The average molecular weight is 1180 g/mol. The van der Waals surface area contributed by atoms with Crippen LogP contribution in [0.5, 0.6) is 0 Å². The van der Waals surface area contributed by atoms with E-state index in [1.54, 1.807) is 47.5 Å². The second-order valence-electron chi connectivity index (χ2n) is 30.7. The summed E-state index contributed by atoms with van der Waals surface area (Å²) in [7, 11) is 8.29. The van der Waals surface area contributed by atoms with Crippen LogP contribution in [0, 0.1) is 66.0 Å². The first-order valence-electron chi connectivity index (χ1n) is 38.5. The second kappa shape index (κ2) is 21.6. The molecule has 6 atom stereocenters. The molecular weight excluding hydrogens is 1060 g/mol. The lowest BCUT2D eigenvalue weighted by atomic mass is 9.69. The number of nitrogens with zero attached hydrogens (tertiary/aromatic N) is 4. The van der Waals surface area contributed by atoms with Crippen molar-refractivity contribution >= 4 is 0 Å². The zero-order valence-corrected chi connectivity index (χ0v) is 56.6. The van der Waals surface area contributed by atoms with E-state index >= 15 is 0 Å². The number of rotatable bonds is 4. The molecule has 4 heteroatoms. The van der Waals surface area contributed by atoms with E-state index in [1.165, 1.54) is 51.9 Å². The Kier molecular flexibility index (Phi) is 11.9. The van der Waals surface area contributed by atoms with E-state index in [0.29, 0.717) is 39.9 Å². The smallest absolute Gasteiger partial charge is 0.201 e. The van der Waals surface area contributed by atoms with Gasteiger partial charge in [0.25, 0.3) is 0 Å². The summed E-state index contributed by atoms with van der Waals surface area (Å²) in [6.45, 7) is 27.5. The fraction of sp³-hybridized carbons (Fsp3) is 0.476. The summed E-state index contributed by atoms with van der Waals surface area (Å²) in [6, 6.07) is 32.0. The van der Waals surface area contributed by atoms with Crippen molar-refractivity contribution in [3.8, 4) is 45.0 Å². The van der Waals surface area contributed by atoms with Crippen LogP contribution < -0.4 is 18.3 Å². The Labute approximate surface area is 548 Å². The minimum atomic E-state index is -2.11. The number of benzene rings is 4. The largest absolute Gasteiger partial charge is 0.212 e. The third kappa shape index (κ3) is 9.89. The highest BCUT2D eigenvalue weighted by Crippen LogP contribution is 2.69. The molecule has 0 spiro atoms. The van der Waals surface area contributed by atoms with Crippen LogP contribution in [0.2, 0.25) is 0 Å². The number of fused-ring (bicyclic) bond motifs is 16. The van der Waals surface area contributed by atoms with Crippen molar-refractivity contribution in [2.24, 2.45) is 39.0 Å². The maximum atomic E-state index is 9.30. The van der Waals surface area contributed by atoms with Gasteiger partial charge in [0.05, 0.1) is 0 Å². The predicted molar refractivity (Wildman–Crippen MR) is 366 cm³/mol. The van der Waals surface area contributed by atoms with E-state index in [0.717, 1.165) is 99.3 Å². The van der Waals surface area contributed by atoms with Gasteiger partial charge in [-0.25, -0.2) is 18.3 Å². The molecule has 4 heterocycles. The van der Waals surface area contributed by atoms with Gasteiger partial charge in [-0.05, 0) is 221 Å². The summed E-state index contributed by atoms with van der Waals surface area (Å²) in [5, 5.41) is 0. The quantitative estimate of drug-likeness (QED) is 0.156. The van der Waals surface area contributed by atoms with Gasteiger partial charge in [0.1, 0.15) is 28.2 Å². The molecule has 0 amide bonds. The van der Waals surface area contributed by atoms with E-state index < -0.39 is 38.2 Å². The lowest BCUT2D eigenvalue weighted by Gasteiger charge is -2.34. The maximum absolute atomic E-state index is 9.30. The summed E-state index contributed by atoms with van der Waals surface area (Å²) in [4.78, 5) is 0. The van der Waals surface area contributed by atoms with Crippen LogP contribution in [0.4, 0.5) is 0 Å². The van der Waals surface area contributed by atoms with Crippen LogP contribution in [-0.4, -0.2) is 0 Å². The Morgan fingerprint density at radius 1 is 0.386 bits per heavy atom. The van der Waals surface area contributed by atoms with Crippen LogP contribution in [0.1, 0.15) is 250 Å². The number of aryl methyl sites for hydroxylation is 12. The molecule has 458 valence electrons. The van der Waals surface area contributed by atoms with Gasteiger partial charge in [0.15, 0.2) is 24.8 Å². The summed E-state index contributed by atoms with van der Waals surface area (Å²) in [5.74, 6) is -1.11. The molecule has 0 radical (unpaired) electrons. The monoisotopic (exact) mass is 1180 g/mol. The lowest BCUT2D eigenvalue weighted by Crippen LogP contribution is -2.36. The third-order valence-corrected chi connectivity index (χ3v) is 23.7. The van der Waals surface area contributed by atoms with Crippen LogP contribution in [-0.2, 0) is 49.9 Å². The van der Waals surface area contributed by atoms with Crippen molar-refractivity contribution in [1.29, 1.82) is 0 Å². The summed E-state index contributed by atoms with van der Waals surface area (Å²) >= 11 is 0. The van der Waals surface area contributed by atoms with Crippen LogP contribution in [0.25, 0.3) is 45.0 Å². The number of hydrogen-bond acceptors (Lipinski definition) is 0. The van der Waals surface area contributed by atoms with E-state index in [4.69, 9.17) is 15.1 Å². The minimum absolute atomic E-state index is 0.0283. The zero-order chi connectivity index (χ0) is 73.5. The van der Waals surface area contributed by atoms with Crippen molar-refractivity contribution in [2.75, 3.05) is 0 Å². The molecule has 15 rings (SSSR count). The Hall–Kier alpha value is -6.52. The van der Waals surface area contributed by atoms with Crippen LogP contribution in [0.15, 0.2) is 122 Å². The molecule has 0 saturated heterocycles. The van der Waals surface area contributed by atoms with Gasteiger partial charge in [-0.2, -0.15) is 0 Å². The number of pyridine rings is 4. The van der Waals surface area contributed by atoms with Crippen molar-refractivity contribution < 1.29 is 34.7 Å². The molecule has 4 aromatic carbocycles. The molecule has 4 nitrogen and oxygen atoms in total. The molecule has 7 aliphatic carbocycles. The highest BCUT2D eigenvalue weighted by atomic mass is 14.9. The van der Waals surface area contributed by atoms with Crippen molar-refractivity contribution in [3.05, 3.63) is 211 Å². The number of aromatic nitrogens is 4. The van der Waals surface area contributed by atoms with Crippen LogP contribution >= 0.6 is 0 Å². The maximum Gasteiger partial charge on any atom is 0.212 e. The fourth-order valence-corrected chi connectivity index (χ4v) is 18.0. The molecule has 0 N–H and O–H groups in total. The minimum Gasteiger partial charge on any atom is -0.201 e.